The lowest BCUT2D eigenvalue weighted by Gasteiger charge is -2.17. The highest BCUT2D eigenvalue weighted by molar-refractivity contribution is 7.89. The van der Waals surface area contributed by atoms with E-state index in [0.29, 0.717) is 33.4 Å². The van der Waals surface area contributed by atoms with Gasteiger partial charge in [-0.25, -0.2) is 13.4 Å². The Morgan fingerprint density at radius 1 is 1.14 bits per heavy atom. The molecule has 2 aromatic carbocycles. The number of halogens is 2. The summed E-state index contributed by atoms with van der Waals surface area (Å²) < 4.78 is 25.2. The van der Waals surface area contributed by atoms with Crippen LogP contribution in [0.2, 0.25) is 10.0 Å². The van der Waals surface area contributed by atoms with Gasteiger partial charge >= 0.3 is 0 Å². The molecule has 0 fully saturated rings. The van der Waals surface area contributed by atoms with E-state index in [-0.39, 0.29) is 24.1 Å². The molecule has 1 unspecified atom stereocenters. The van der Waals surface area contributed by atoms with Crippen LogP contribution < -0.4 is 5.32 Å². The molecule has 0 radical (unpaired) electrons. The van der Waals surface area contributed by atoms with Crippen molar-refractivity contribution in [3.05, 3.63) is 63.9 Å². The van der Waals surface area contributed by atoms with E-state index in [4.69, 9.17) is 23.2 Å². The Balaban J connectivity index is 1.77. The van der Waals surface area contributed by atoms with Gasteiger partial charge in [0.25, 0.3) is 0 Å². The first-order valence-electron chi connectivity index (χ1n) is 8.98. The summed E-state index contributed by atoms with van der Waals surface area (Å²) in [5.74, 6) is -0.236. The SMILES string of the molecule is CC(CNC(=O)Cn1c(CS(C)(=O)=O)nc2ccccc21)c1c(Cl)cccc1Cl. The normalized spacial score (nSPS) is 12.8. The monoisotopic (exact) mass is 453 g/mol. The quantitative estimate of drug-likeness (QED) is 0.589. The van der Waals surface area contributed by atoms with Gasteiger partial charge in [0.05, 0.1) is 11.0 Å². The summed E-state index contributed by atoms with van der Waals surface area (Å²) in [6, 6.07) is 12.5. The molecule has 9 heteroatoms. The van der Waals surface area contributed by atoms with E-state index in [0.717, 1.165) is 11.8 Å². The summed E-state index contributed by atoms with van der Waals surface area (Å²) in [4.78, 5) is 17.0. The topological polar surface area (TPSA) is 81.1 Å². The molecule has 0 aliphatic carbocycles. The number of aromatic nitrogens is 2. The molecule has 3 rings (SSSR count). The summed E-state index contributed by atoms with van der Waals surface area (Å²) in [5.41, 5.74) is 2.14. The Labute approximate surface area is 179 Å². The average molecular weight is 454 g/mol. The lowest BCUT2D eigenvalue weighted by atomic mass is 10.0. The van der Waals surface area contributed by atoms with Gasteiger partial charge < -0.3 is 9.88 Å². The van der Waals surface area contributed by atoms with Gasteiger partial charge in [0, 0.05) is 28.8 Å². The van der Waals surface area contributed by atoms with Gasteiger partial charge in [-0.05, 0) is 29.8 Å². The molecule has 1 aromatic heterocycles. The van der Waals surface area contributed by atoms with Crippen LogP contribution in [0.5, 0.6) is 0 Å². The third-order valence-electron chi connectivity index (χ3n) is 4.52. The van der Waals surface area contributed by atoms with Gasteiger partial charge in [0.2, 0.25) is 5.91 Å². The Morgan fingerprint density at radius 2 is 1.79 bits per heavy atom. The number of carbonyl (C=O) groups is 1. The second-order valence-electron chi connectivity index (χ2n) is 7.01. The van der Waals surface area contributed by atoms with Gasteiger partial charge in [0.1, 0.15) is 18.1 Å². The van der Waals surface area contributed by atoms with Gasteiger partial charge in [-0.2, -0.15) is 0 Å². The lowest BCUT2D eigenvalue weighted by molar-refractivity contribution is -0.121. The zero-order valence-electron chi connectivity index (χ0n) is 16.0. The Bertz CT molecular complexity index is 1140. The van der Waals surface area contributed by atoms with E-state index >= 15 is 0 Å². The molecule has 1 N–H and O–H groups in total. The first kappa shape index (κ1) is 21.6. The molecule has 0 aliphatic rings. The van der Waals surface area contributed by atoms with Crippen LogP contribution in [-0.2, 0) is 26.9 Å². The molecule has 0 saturated carbocycles. The number of benzene rings is 2. The number of rotatable bonds is 7. The van der Waals surface area contributed by atoms with E-state index in [1.165, 1.54) is 0 Å². The summed E-state index contributed by atoms with van der Waals surface area (Å²) >= 11 is 12.5. The number of hydrogen-bond donors (Lipinski definition) is 1. The second kappa shape index (κ2) is 8.73. The Morgan fingerprint density at radius 3 is 2.45 bits per heavy atom. The number of para-hydroxylation sites is 2. The van der Waals surface area contributed by atoms with Crippen LogP contribution in [0.25, 0.3) is 11.0 Å². The fourth-order valence-corrected chi connectivity index (χ4v) is 4.66. The maximum Gasteiger partial charge on any atom is 0.240 e. The highest BCUT2D eigenvalue weighted by atomic mass is 35.5. The van der Waals surface area contributed by atoms with Crippen molar-refractivity contribution in [1.82, 2.24) is 14.9 Å². The number of hydrogen-bond acceptors (Lipinski definition) is 4. The highest BCUT2D eigenvalue weighted by Gasteiger charge is 2.19. The molecule has 3 aromatic rings. The predicted molar refractivity (Wildman–Crippen MR) is 116 cm³/mol. The highest BCUT2D eigenvalue weighted by Crippen LogP contribution is 2.31. The van der Waals surface area contributed by atoms with Crippen molar-refractivity contribution < 1.29 is 13.2 Å². The first-order chi connectivity index (χ1) is 13.7. The largest absolute Gasteiger partial charge is 0.354 e. The van der Waals surface area contributed by atoms with Crippen molar-refractivity contribution in [2.45, 2.75) is 25.1 Å². The molecule has 6 nitrogen and oxygen atoms in total. The maximum absolute atomic E-state index is 12.6. The summed E-state index contributed by atoms with van der Waals surface area (Å²) in [7, 11) is -3.30. The molecule has 1 amide bonds. The summed E-state index contributed by atoms with van der Waals surface area (Å²) in [5, 5.41) is 3.98. The maximum atomic E-state index is 12.6. The van der Waals surface area contributed by atoms with E-state index in [9.17, 15) is 13.2 Å². The Kier molecular flexibility index (Phi) is 6.51. The van der Waals surface area contributed by atoms with Gasteiger partial charge in [0.15, 0.2) is 9.84 Å². The van der Waals surface area contributed by atoms with Crippen LogP contribution in [0.1, 0.15) is 24.2 Å². The van der Waals surface area contributed by atoms with Gasteiger partial charge in [-0.15, -0.1) is 0 Å². The van der Waals surface area contributed by atoms with Crippen LogP contribution in [0.15, 0.2) is 42.5 Å². The van der Waals surface area contributed by atoms with Crippen LogP contribution in [0.4, 0.5) is 0 Å². The number of imidazole rings is 1. The van der Waals surface area contributed by atoms with E-state index in [1.807, 2.05) is 25.1 Å². The molecule has 0 aliphatic heterocycles. The smallest absolute Gasteiger partial charge is 0.240 e. The first-order valence-corrected chi connectivity index (χ1v) is 11.8. The minimum absolute atomic E-state index is 0.0334. The minimum Gasteiger partial charge on any atom is -0.354 e. The Hall–Kier alpha value is -2.09. The molecular weight excluding hydrogens is 433 g/mol. The molecule has 1 heterocycles. The molecule has 29 heavy (non-hydrogen) atoms. The van der Waals surface area contributed by atoms with Crippen molar-refractivity contribution in [3.8, 4) is 0 Å². The average Bonchev–Trinajstić information content (AvgIpc) is 2.95. The van der Waals surface area contributed by atoms with Gasteiger partial charge in [-0.1, -0.05) is 48.3 Å². The van der Waals surface area contributed by atoms with Crippen molar-refractivity contribution in [3.63, 3.8) is 0 Å². The van der Waals surface area contributed by atoms with Crippen molar-refractivity contribution in [2.75, 3.05) is 12.8 Å². The number of nitrogens with zero attached hydrogens (tertiary/aromatic N) is 2. The molecule has 154 valence electrons. The minimum atomic E-state index is -3.30. The van der Waals surface area contributed by atoms with E-state index in [2.05, 4.69) is 10.3 Å². The zero-order chi connectivity index (χ0) is 21.2. The van der Waals surface area contributed by atoms with Crippen LogP contribution in [-0.4, -0.2) is 36.7 Å². The molecule has 0 bridgehead atoms. The number of fused-ring (bicyclic) bond motifs is 1. The fraction of sp³-hybridized carbons (Fsp3) is 0.300. The zero-order valence-corrected chi connectivity index (χ0v) is 18.4. The second-order valence-corrected chi connectivity index (χ2v) is 9.97. The fourth-order valence-electron chi connectivity index (χ4n) is 3.20. The third-order valence-corrected chi connectivity index (χ3v) is 5.97. The number of amides is 1. The molecule has 0 saturated heterocycles. The lowest BCUT2D eigenvalue weighted by Crippen LogP contribution is -2.31. The number of carbonyl (C=O) groups excluding carboxylic acids is 1. The van der Waals surface area contributed by atoms with E-state index in [1.54, 1.807) is 28.8 Å². The summed E-state index contributed by atoms with van der Waals surface area (Å²) in [6.45, 7) is 2.24. The van der Waals surface area contributed by atoms with Crippen LogP contribution in [0, 0.1) is 0 Å². The van der Waals surface area contributed by atoms with Crippen molar-refractivity contribution >= 4 is 50.0 Å². The predicted octanol–water partition coefficient (Wildman–Crippen LogP) is 3.81. The molecular formula is C20H21Cl2N3O3S. The van der Waals surface area contributed by atoms with Crippen molar-refractivity contribution in [2.24, 2.45) is 0 Å². The third kappa shape index (κ3) is 5.29. The van der Waals surface area contributed by atoms with Gasteiger partial charge in [-0.3, -0.25) is 4.79 Å². The standard InChI is InChI=1S/C20H21Cl2N3O3S/c1-13(20-14(21)6-5-7-15(20)22)10-23-19(26)11-25-17-9-4-3-8-16(17)24-18(25)12-29(2,27)28/h3-9,13H,10-12H2,1-2H3,(H,23,26). The van der Waals surface area contributed by atoms with Crippen LogP contribution >= 0.6 is 23.2 Å². The summed E-state index contributed by atoms with van der Waals surface area (Å²) in [6.07, 6.45) is 1.14. The van der Waals surface area contributed by atoms with Crippen molar-refractivity contribution in [1.29, 1.82) is 0 Å². The van der Waals surface area contributed by atoms with E-state index < -0.39 is 9.84 Å². The molecule has 1 atom stereocenters. The van der Waals surface area contributed by atoms with Crippen LogP contribution in [0.3, 0.4) is 0 Å². The number of sulfone groups is 1. The number of nitrogens with one attached hydrogen (secondary N) is 1. The molecule has 0 spiro atoms.